The summed E-state index contributed by atoms with van der Waals surface area (Å²) in [5, 5.41) is 0. The number of hydrogen-bond donors (Lipinski definition) is 0. The van der Waals surface area contributed by atoms with Gasteiger partial charge in [-0.2, -0.15) is 0 Å². The van der Waals surface area contributed by atoms with Crippen LogP contribution in [-0.2, 0) is 4.43 Å². The molecule has 0 saturated heterocycles. The molecule has 0 aromatic heterocycles. The molecule has 0 fully saturated rings. The van der Waals surface area contributed by atoms with Crippen molar-refractivity contribution in [2.24, 2.45) is 0 Å². The molecule has 0 aliphatic heterocycles. The minimum atomic E-state index is -1.31. The Hall–Kier alpha value is -0.253. The van der Waals surface area contributed by atoms with Crippen LogP contribution in [0, 0.1) is 0 Å². The summed E-state index contributed by atoms with van der Waals surface area (Å²) in [5.41, 5.74) is 0. The molecule has 1 rings (SSSR count). The molecule has 1 nitrogen and oxygen atoms in total. The van der Waals surface area contributed by atoms with Crippen molar-refractivity contribution in [3.05, 3.63) is 30.3 Å². The highest BCUT2D eigenvalue weighted by molar-refractivity contribution is 7.99. The van der Waals surface area contributed by atoms with Crippen molar-refractivity contribution < 1.29 is 4.43 Å². The third-order valence-electron chi connectivity index (χ3n) is 1.63. The van der Waals surface area contributed by atoms with Gasteiger partial charge in [-0.25, -0.2) is 0 Å². The second-order valence-corrected chi connectivity index (χ2v) is 9.80. The Labute approximate surface area is 92.0 Å². The van der Waals surface area contributed by atoms with Crippen LogP contribution in [-0.4, -0.2) is 20.7 Å². The van der Waals surface area contributed by atoms with E-state index in [-0.39, 0.29) is 0 Å². The van der Waals surface area contributed by atoms with Crippen LogP contribution in [0.3, 0.4) is 0 Å². The zero-order valence-electron chi connectivity index (χ0n) is 9.12. The van der Waals surface area contributed by atoms with Gasteiger partial charge in [-0.05, 0) is 31.8 Å². The van der Waals surface area contributed by atoms with E-state index in [0.717, 1.165) is 12.4 Å². The van der Waals surface area contributed by atoms with Crippen LogP contribution in [0.25, 0.3) is 0 Å². The normalized spacial score (nSPS) is 11.6. The molecular weight excluding hydrogens is 208 g/mol. The summed E-state index contributed by atoms with van der Waals surface area (Å²) in [4.78, 5) is 1.33. The molecule has 0 atom stereocenters. The van der Waals surface area contributed by atoms with Gasteiger partial charge in [-0.3, -0.25) is 0 Å². The highest BCUT2D eigenvalue weighted by Crippen LogP contribution is 2.17. The second kappa shape index (κ2) is 5.58. The molecule has 3 heteroatoms. The fourth-order valence-electron chi connectivity index (χ4n) is 1.02. The van der Waals surface area contributed by atoms with Gasteiger partial charge in [0.15, 0.2) is 8.32 Å². The van der Waals surface area contributed by atoms with Crippen molar-refractivity contribution in [1.29, 1.82) is 0 Å². The molecule has 0 N–H and O–H groups in total. The molecule has 0 aliphatic rings. The van der Waals surface area contributed by atoms with Crippen LogP contribution in [0.1, 0.15) is 0 Å². The molecule has 0 unspecified atom stereocenters. The van der Waals surface area contributed by atoms with Crippen molar-refractivity contribution >= 4 is 20.1 Å². The van der Waals surface area contributed by atoms with Gasteiger partial charge in [0.2, 0.25) is 0 Å². The van der Waals surface area contributed by atoms with Gasteiger partial charge in [-0.15, -0.1) is 11.8 Å². The second-order valence-electron chi connectivity index (χ2n) is 4.12. The maximum Gasteiger partial charge on any atom is 0.183 e. The molecule has 0 amide bonds. The molecule has 1 aromatic rings. The first-order valence-electron chi connectivity index (χ1n) is 4.90. The van der Waals surface area contributed by atoms with E-state index in [1.807, 2.05) is 17.8 Å². The van der Waals surface area contributed by atoms with Gasteiger partial charge in [0.25, 0.3) is 0 Å². The quantitative estimate of drug-likeness (QED) is 0.431. The fourth-order valence-corrected chi connectivity index (χ4v) is 2.64. The molecule has 0 heterocycles. The monoisotopic (exact) mass is 226 g/mol. The van der Waals surface area contributed by atoms with Crippen LogP contribution < -0.4 is 0 Å². The van der Waals surface area contributed by atoms with Gasteiger partial charge in [0.05, 0.1) is 0 Å². The van der Waals surface area contributed by atoms with E-state index in [2.05, 4.69) is 43.9 Å². The van der Waals surface area contributed by atoms with Gasteiger partial charge in [0.1, 0.15) is 0 Å². The molecule has 0 bridgehead atoms. The van der Waals surface area contributed by atoms with Gasteiger partial charge < -0.3 is 4.43 Å². The third kappa shape index (κ3) is 5.47. The average Bonchev–Trinajstić information content (AvgIpc) is 2.13. The van der Waals surface area contributed by atoms with Crippen LogP contribution >= 0.6 is 11.8 Å². The Bertz CT molecular complexity index is 256. The topological polar surface area (TPSA) is 9.23 Å². The summed E-state index contributed by atoms with van der Waals surface area (Å²) >= 11 is 1.86. The smallest absolute Gasteiger partial charge is 0.183 e. The minimum absolute atomic E-state index is 0.870. The molecule has 78 valence electrons. The molecule has 0 aliphatic carbocycles. The SMILES string of the molecule is C[Si](C)(C)OCCSc1ccccc1. The van der Waals surface area contributed by atoms with Crippen LogP contribution in [0.5, 0.6) is 0 Å². The van der Waals surface area contributed by atoms with Crippen LogP contribution in [0.2, 0.25) is 19.6 Å². The summed E-state index contributed by atoms with van der Waals surface area (Å²) < 4.78 is 5.77. The number of benzene rings is 1. The standard InChI is InChI=1S/C11H18OSSi/c1-14(2,3)12-9-10-13-11-7-5-4-6-8-11/h4-8H,9-10H2,1-3H3. The lowest BCUT2D eigenvalue weighted by Gasteiger charge is -2.16. The summed E-state index contributed by atoms with van der Waals surface area (Å²) in [6.45, 7) is 7.54. The zero-order chi connectivity index (χ0) is 10.4. The first-order chi connectivity index (χ1) is 6.58. The third-order valence-corrected chi connectivity index (χ3v) is 3.68. The van der Waals surface area contributed by atoms with E-state index in [0.29, 0.717) is 0 Å². The number of rotatable bonds is 5. The number of thioether (sulfide) groups is 1. The molecule has 0 saturated carbocycles. The van der Waals surface area contributed by atoms with E-state index in [4.69, 9.17) is 4.43 Å². The minimum Gasteiger partial charge on any atom is -0.417 e. The predicted molar refractivity (Wildman–Crippen MR) is 66.5 cm³/mol. The first-order valence-corrected chi connectivity index (χ1v) is 9.29. The Morgan fingerprint density at radius 2 is 1.79 bits per heavy atom. The van der Waals surface area contributed by atoms with Crippen molar-refractivity contribution in [3.63, 3.8) is 0 Å². The van der Waals surface area contributed by atoms with Crippen LogP contribution in [0.15, 0.2) is 35.2 Å². The summed E-state index contributed by atoms with van der Waals surface area (Å²) in [7, 11) is -1.31. The lowest BCUT2D eigenvalue weighted by Crippen LogP contribution is -2.26. The lowest BCUT2D eigenvalue weighted by molar-refractivity contribution is 0.338. The molecule has 0 radical (unpaired) electrons. The Kier molecular flexibility index (Phi) is 4.71. The highest BCUT2D eigenvalue weighted by atomic mass is 32.2. The van der Waals surface area contributed by atoms with Gasteiger partial charge in [0, 0.05) is 17.3 Å². The van der Waals surface area contributed by atoms with E-state index in [9.17, 15) is 0 Å². The molecule has 1 aromatic carbocycles. The van der Waals surface area contributed by atoms with Crippen molar-refractivity contribution in [2.75, 3.05) is 12.4 Å². The van der Waals surface area contributed by atoms with E-state index >= 15 is 0 Å². The van der Waals surface area contributed by atoms with E-state index in [1.165, 1.54) is 4.90 Å². The largest absolute Gasteiger partial charge is 0.417 e. The van der Waals surface area contributed by atoms with E-state index in [1.54, 1.807) is 0 Å². The molecular formula is C11H18OSSi. The maximum absolute atomic E-state index is 5.77. The Balaban J connectivity index is 2.17. The van der Waals surface area contributed by atoms with Gasteiger partial charge >= 0.3 is 0 Å². The Morgan fingerprint density at radius 3 is 2.36 bits per heavy atom. The average molecular weight is 226 g/mol. The number of hydrogen-bond acceptors (Lipinski definition) is 2. The van der Waals surface area contributed by atoms with Gasteiger partial charge in [-0.1, -0.05) is 18.2 Å². The highest BCUT2D eigenvalue weighted by Gasteiger charge is 2.12. The molecule has 14 heavy (non-hydrogen) atoms. The van der Waals surface area contributed by atoms with Crippen molar-refractivity contribution in [1.82, 2.24) is 0 Å². The van der Waals surface area contributed by atoms with Crippen molar-refractivity contribution in [2.45, 2.75) is 24.5 Å². The predicted octanol–water partition coefficient (Wildman–Crippen LogP) is 3.63. The maximum atomic E-state index is 5.77. The first kappa shape index (κ1) is 11.8. The lowest BCUT2D eigenvalue weighted by atomic mass is 10.4. The fraction of sp³-hybridized carbons (Fsp3) is 0.455. The summed E-state index contributed by atoms with van der Waals surface area (Å²) in [6, 6.07) is 10.5. The van der Waals surface area contributed by atoms with Crippen LogP contribution in [0.4, 0.5) is 0 Å². The summed E-state index contributed by atoms with van der Waals surface area (Å²) in [5.74, 6) is 1.05. The molecule has 0 spiro atoms. The summed E-state index contributed by atoms with van der Waals surface area (Å²) in [6.07, 6.45) is 0. The van der Waals surface area contributed by atoms with E-state index < -0.39 is 8.32 Å². The Morgan fingerprint density at radius 1 is 1.14 bits per heavy atom. The van der Waals surface area contributed by atoms with Crippen molar-refractivity contribution in [3.8, 4) is 0 Å². The zero-order valence-corrected chi connectivity index (χ0v) is 10.9.